The SMILES string of the molecule is NC(=O)CCn1cc(CN2CCCC[C@@H]2c2cccnc2)c2ccccc21. The van der Waals surface area contributed by atoms with E-state index >= 15 is 0 Å². The summed E-state index contributed by atoms with van der Waals surface area (Å²) in [6.45, 7) is 2.63. The van der Waals surface area contributed by atoms with Crippen LogP contribution in [0.25, 0.3) is 10.9 Å². The first-order valence-electron chi connectivity index (χ1n) is 9.71. The first-order valence-corrected chi connectivity index (χ1v) is 9.71. The molecule has 4 rings (SSSR count). The van der Waals surface area contributed by atoms with E-state index in [1.807, 2.05) is 24.5 Å². The van der Waals surface area contributed by atoms with Crippen LogP contribution in [0.3, 0.4) is 0 Å². The summed E-state index contributed by atoms with van der Waals surface area (Å²) >= 11 is 0. The molecule has 27 heavy (non-hydrogen) atoms. The van der Waals surface area contributed by atoms with Crippen molar-refractivity contribution in [2.75, 3.05) is 6.54 Å². The number of nitrogens with two attached hydrogens (primary N) is 1. The monoisotopic (exact) mass is 362 g/mol. The molecule has 0 spiro atoms. The van der Waals surface area contributed by atoms with Crippen molar-refractivity contribution >= 4 is 16.8 Å². The van der Waals surface area contributed by atoms with E-state index in [0.717, 1.165) is 13.1 Å². The highest BCUT2D eigenvalue weighted by Crippen LogP contribution is 2.33. The molecule has 1 aliphatic rings. The van der Waals surface area contributed by atoms with Gasteiger partial charge in [0.05, 0.1) is 0 Å². The number of rotatable bonds is 6. The fourth-order valence-corrected chi connectivity index (χ4v) is 4.21. The molecular weight excluding hydrogens is 336 g/mol. The zero-order valence-corrected chi connectivity index (χ0v) is 15.6. The number of amides is 1. The molecule has 3 aromatic rings. The van der Waals surface area contributed by atoms with E-state index in [1.165, 1.54) is 41.3 Å². The normalized spacial score (nSPS) is 18.0. The van der Waals surface area contributed by atoms with Gasteiger partial charge in [0.1, 0.15) is 0 Å². The molecule has 2 aromatic heterocycles. The molecule has 1 saturated heterocycles. The number of likely N-dealkylation sites (tertiary alicyclic amines) is 1. The molecule has 2 N–H and O–H groups in total. The molecule has 3 heterocycles. The Morgan fingerprint density at radius 1 is 1.19 bits per heavy atom. The summed E-state index contributed by atoms with van der Waals surface area (Å²) in [4.78, 5) is 18.1. The maximum atomic E-state index is 11.2. The number of aromatic nitrogens is 2. The summed E-state index contributed by atoms with van der Waals surface area (Å²) in [6.07, 6.45) is 10.1. The van der Waals surface area contributed by atoms with Crippen molar-refractivity contribution in [2.24, 2.45) is 5.73 Å². The first-order chi connectivity index (χ1) is 13.2. The van der Waals surface area contributed by atoms with E-state index in [-0.39, 0.29) is 5.91 Å². The van der Waals surface area contributed by atoms with Crippen LogP contribution in [0.4, 0.5) is 0 Å². The topological polar surface area (TPSA) is 64.2 Å². The minimum absolute atomic E-state index is 0.262. The van der Waals surface area contributed by atoms with Crippen molar-refractivity contribution in [2.45, 2.75) is 44.8 Å². The Kier molecular flexibility index (Phi) is 5.21. The van der Waals surface area contributed by atoms with Gasteiger partial charge in [0.15, 0.2) is 0 Å². The summed E-state index contributed by atoms with van der Waals surface area (Å²) in [5.74, 6) is -0.262. The molecule has 1 amide bonds. The zero-order valence-electron chi connectivity index (χ0n) is 15.6. The maximum absolute atomic E-state index is 11.2. The van der Waals surface area contributed by atoms with Crippen molar-refractivity contribution in [3.8, 4) is 0 Å². The average molecular weight is 362 g/mol. The fraction of sp³-hybridized carbons (Fsp3) is 0.364. The fourth-order valence-electron chi connectivity index (χ4n) is 4.21. The Hall–Kier alpha value is -2.66. The molecule has 0 saturated carbocycles. The smallest absolute Gasteiger partial charge is 0.219 e. The van der Waals surface area contributed by atoms with Crippen molar-refractivity contribution < 1.29 is 4.79 Å². The predicted octanol–water partition coefficient (Wildman–Crippen LogP) is 3.64. The van der Waals surface area contributed by atoms with Gasteiger partial charge >= 0.3 is 0 Å². The van der Waals surface area contributed by atoms with Gasteiger partial charge in [0.25, 0.3) is 0 Å². The summed E-state index contributed by atoms with van der Waals surface area (Å²) in [6, 6.07) is 13.1. The minimum Gasteiger partial charge on any atom is -0.370 e. The minimum atomic E-state index is -0.262. The van der Waals surface area contributed by atoms with Gasteiger partial charge in [-0.25, -0.2) is 0 Å². The molecule has 0 unspecified atom stereocenters. The third-order valence-corrected chi connectivity index (χ3v) is 5.53. The second-order valence-corrected chi connectivity index (χ2v) is 7.35. The van der Waals surface area contributed by atoms with E-state index in [1.54, 1.807) is 0 Å². The van der Waals surface area contributed by atoms with Crippen LogP contribution in [0.1, 0.15) is 42.9 Å². The van der Waals surface area contributed by atoms with E-state index in [9.17, 15) is 4.79 Å². The predicted molar refractivity (Wildman–Crippen MR) is 107 cm³/mol. The highest BCUT2D eigenvalue weighted by Gasteiger charge is 2.25. The van der Waals surface area contributed by atoms with Gasteiger partial charge in [-0.2, -0.15) is 0 Å². The average Bonchev–Trinajstić information content (AvgIpc) is 3.05. The lowest BCUT2D eigenvalue weighted by Gasteiger charge is -2.35. The van der Waals surface area contributed by atoms with E-state index in [2.05, 4.69) is 44.9 Å². The van der Waals surface area contributed by atoms with Gasteiger partial charge in [-0.3, -0.25) is 14.7 Å². The number of hydrogen-bond acceptors (Lipinski definition) is 3. The first kappa shape index (κ1) is 17.7. The van der Waals surface area contributed by atoms with Gasteiger partial charge in [-0.05, 0) is 42.6 Å². The molecule has 1 fully saturated rings. The number of hydrogen-bond donors (Lipinski definition) is 1. The number of para-hydroxylation sites is 1. The molecule has 0 radical (unpaired) electrons. The van der Waals surface area contributed by atoms with Crippen LogP contribution >= 0.6 is 0 Å². The number of fused-ring (bicyclic) bond motifs is 1. The van der Waals surface area contributed by atoms with Crippen LogP contribution < -0.4 is 5.73 Å². The summed E-state index contributed by atoms with van der Waals surface area (Å²) in [5.41, 5.74) is 9.14. The summed E-state index contributed by atoms with van der Waals surface area (Å²) < 4.78 is 2.17. The van der Waals surface area contributed by atoms with Crippen molar-refractivity contribution in [3.05, 3.63) is 66.1 Å². The van der Waals surface area contributed by atoms with Crippen LogP contribution in [0, 0.1) is 0 Å². The van der Waals surface area contributed by atoms with Crippen molar-refractivity contribution in [1.82, 2.24) is 14.5 Å². The lowest BCUT2D eigenvalue weighted by atomic mass is 9.96. The maximum Gasteiger partial charge on any atom is 0.219 e. The molecule has 5 nitrogen and oxygen atoms in total. The van der Waals surface area contributed by atoms with Crippen molar-refractivity contribution in [1.29, 1.82) is 0 Å². The number of pyridine rings is 1. The van der Waals surface area contributed by atoms with Gasteiger partial charge in [0.2, 0.25) is 5.91 Å². The Morgan fingerprint density at radius 3 is 2.89 bits per heavy atom. The second kappa shape index (κ2) is 7.92. The largest absolute Gasteiger partial charge is 0.370 e. The lowest BCUT2D eigenvalue weighted by Crippen LogP contribution is -2.32. The number of carbonyl (C=O) groups excluding carboxylic acids is 1. The highest BCUT2D eigenvalue weighted by molar-refractivity contribution is 5.84. The molecule has 5 heteroatoms. The Morgan fingerprint density at radius 2 is 2.07 bits per heavy atom. The van der Waals surface area contributed by atoms with E-state index in [0.29, 0.717) is 19.0 Å². The van der Waals surface area contributed by atoms with Crippen LogP contribution in [-0.4, -0.2) is 26.9 Å². The molecule has 1 aromatic carbocycles. The number of carbonyl (C=O) groups is 1. The molecule has 0 bridgehead atoms. The number of aryl methyl sites for hydroxylation is 1. The number of nitrogens with zero attached hydrogens (tertiary/aromatic N) is 3. The molecular formula is C22H26N4O. The Balaban J connectivity index is 1.62. The quantitative estimate of drug-likeness (QED) is 0.728. The highest BCUT2D eigenvalue weighted by atomic mass is 16.1. The van der Waals surface area contributed by atoms with Crippen molar-refractivity contribution in [3.63, 3.8) is 0 Å². The van der Waals surface area contributed by atoms with Crippen LogP contribution in [0.2, 0.25) is 0 Å². The van der Waals surface area contributed by atoms with Crippen LogP contribution in [-0.2, 0) is 17.9 Å². The van der Waals surface area contributed by atoms with Crippen LogP contribution in [0.15, 0.2) is 55.0 Å². The third-order valence-electron chi connectivity index (χ3n) is 5.53. The van der Waals surface area contributed by atoms with Crippen LogP contribution in [0.5, 0.6) is 0 Å². The summed E-state index contributed by atoms with van der Waals surface area (Å²) in [5, 5.41) is 1.26. The van der Waals surface area contributed by atoms with Gasteiger partial charge in [-0.15, -0.1) is 0 Å². The lowest BCUT2D eigenvalue weighted by molar-refractivity contribution is -0.118. The molecule has 1 atom stereocenters. The summed E-state index contributed by atoms with van der Waals surface area (Å²) in [7, 11) is 0. The Bertz CT molecular complexity index is 918. The van der Waals surface area contributed by atoms with E-state index < -0.39 is 0 Å². The van der Waals surface area contributed by atoms with E-state index in [4.69, 9.17) is 5.73 Å². The molecule has 140 valence electrons. The van der Waals surface area contributed by atoms with Gasteiger partial charge in [-0.1, -0.05) is 30.7 Å². The van der Waals surface area contributed by atoms with Gasteiger partial charge < -0.3 is 10.3 Å². The Labute approximate surface area is 159 Å². The second-order valence-electron chi connectivity index (χ2n) is 7.35. The third kappa shape index (κ3) is 3.88. The standard InChI is InChI=1S/C22H26N4O/c23-22(27)10-13-26-16-18(19-7-1-2-9-21(19)26)15-25-12-4-3-8-20(25)17-6-5-11-24-14-17/h1-2,5-7,9,11,14,16,20H,3-4,8,10,12-13,15H2,(H2,23,27)/t20-/m1/s1. The van der Waals surface area contributed by atoms with Gasteiger partial charge in [0, 0.05) is 55.0 Å². The number of benzene rings is 1. The molecule has 1 aliphatic heterocycles. The zero-order chi connectivity index (χ0) is 18.6. The molecule has 0 aliphatic carbocycles. The number of piperidine rings is 1. The number of primary amides is 1.